The zero-order valence-corrected chi connectivity index (χ0v) is 21.0. The first kappa shape index (κ1) is 25.4. The van der Waals surface area contributed by atoms with Crippen LogP contribution in [0, 0.1) is 23.7 Å². The van der Waals surface area contributed by atoms with Crippen molar-refractivity contribution in [1.82, 2.24) is 9.80 Å². The molecule has 0 aromatic heterocycles. The third kappa shape index (κ3) is 5.73. The molecule has 4 unspecified atom stereocenters. The summed E-state index contributed by atoms with van der Waals surface area (Å²) >= 11 is 0. The SMILES string of the molecule is O=C1C2CCCCC2C(=O)N1CCCCCCCCCCCCN1C(=O)C2CCCCC2C1=O. The number of hydrogen-bond donors (Lipinski definition) is 0. The lowest BCUT2D eigenvalue weighted by Crippen LogP contribution is -2.32. The molecule has 2 aliphatic carbocycles. The summed E-state index contributed by atoms with van der Waals surface area (Å²) in [6, 6.07) is 0. The Balaban J connectivity index is 0.975. The van der Waals surface area contributed by atoms with Crippen molar-refractivity contribution in [2.75, 3.05) is 13.1 Å². The van der Waals surface area contributed by atoms with Crippen LogP contribution in [-0.4, -0.2) is 46.5 Å². The lowest BCUT2D eigenvalue weighted by Gasteiger charge is -2.19. The molecule has 6 nitrogen and oxygen atoms in total. The van der Waals surface area contributed by atoms with Crippen LogP contribution in [0.3, 0.4) is 0 Å². The molecular weight excluding hydrogens is 428 g/mol. The average molecular weight is 473 g/mol. The first-order chi connectivity index (χ1) is 16.6. The highest BCUT2D eigenvalue weighted by Crippen LogP contribution is 2.39. The fourth-order valence-corrected chi connectivity index (χ4v) is 6.86. The molecule has 0 aromatic rings. The van der Waals surface area contributed by atoms with Gasteiger partial charge in [-0.05, 0) is 38.5 Å². The highest BCUT2D eigenvalue weighted by Gasteiger charge is 2.48. The Morgan fingerprint density at radius 1 is 0.412 bits per heavy atom. The third-order valence-electron chi connectivity index (χ3n) is 8.88. The molecule has 2 saturated carbocycles. The van der Waals surface area contributed by atoms with Crippen LogP contribution in [0.5, 0.6) is 0 Å². The first-order valence-electron chi connectivity index (χ1n) is 14.3. The number of likely N-dealkylation sites (tertiary alicyclic amines) is 2. The van der Waals surface area contributed by atoms with Gasteiger partial charge in [-0.25, -0.2) is 0 Å². The fourth-order valence-electron chi connectivity index (χ4n) is 6.86. The third-order valence-corrected chi connectivity index (χ3v) is 8.88. The number of unbranched alkanes of at least 4 members (excludes halogenated alkanes) is 9. The van der Waals surface area contributed by atoms with E-state index in [9.17, 15) is 19.2 Å². The Hall–Kier alpha value is -1.72. The molecule has 6 heteroatoms. The van der Waals surface area contributed by atoms with E-state index in [-0.39, 0.29) is 47.3 Å². The van der Waals surface area contributed by atoms with Gasteiger partial charge in [-0.1, -0.05) is 77.0 Å². The second-order valence-corrected chi connectivity index (χ2v) is 11.2. The summed E-state index contributed by atoms with van der Waals surface area (Å²) in [6.07, 6.45) is 19.3. The Bertz CT molecular complexity index is 641. The van der Waals surface area contributed by atoms with Crippen molar-refractivity contribution in [3.63, 3.8) is 0 Å². The topological polar surface area (TPSA) is 74.8 Å². The number of imide groups is 2. The molecule has 2 aliphatic heterocycles. The van der Waals surface area contributed by atoms with Gasteiger partial charge in [0.05, 0.1) is 23.7 Å². The summed E-state index contributed by atoms with van der Waals surface area (Å²) in [6.45, 7) is 1.24. The molecule has 34 heavy (non-hydrogen) atoms. The molecule has 4 rings (SSSR count). The number of hydrogen-bond acceptors (Lipinski definition) is 4. The van der Waals surface area contributed by atoms with Gasteiger partial charge in [0.1, 0.15) is 0 Å². The van der Waals surface area contributed by atoms with Crippen molar-refractivity contribution in [3.8, 4) is 0 Å². The maximum absolute atomic E-state index is 12.5. The predicted molar refractivity (Wildman–Crippen MR) is 131 cm³/mol. The molecule has 190 valence electrons. The Kier molecular flexibility index (Phi) is 9.18. The first-order valence-corrected chi connectivity index (χ1v) is 14.3. The number of amides is 4. The second kappa shape index (κ2) is 12.3. The van der Waals surface area contributed by atoms with Gasteiger partial charge in [0, 0.05) is 13.1 Å². The summed E-state index contributed by atoms with van der Waals surface area (Å²) in [4.78, 5) is 53.1. The summed E-state index contributed by atoms with van der Waals surface area (Å²) in [7, 11) is 0. The molecule has 0 radical (unpaired) electrons. The summed E-state index contributed by atoms with van der Waals surface area (Å²) in [5.74, 6) is 0.364. The number of nitrogens with zero attached hydrogens (tertiary/aromatic N) is 2. The van der Waals surface area contributed by atoms with E-state index in [1.54, 1.807) is 9.80 Å². The van der Waals surface area contributed by atoms with E-state index in [0.717, 1.165) is 77.0 Å². The predicted octanol–water partition coefficient (Wildman–Crippen LogP) is 5.24. The lowest BCUT2D eigenvalue weighted by atomic mass is 9.81. The second-order valence-electron chi connectivity index (χ2n) is 11.2. The molecule has 0 aromatic carbocycles. The molecule has 2 heterocycles. The highest BCUT2D eigenvalue weighted by atomic mass is 16.2. The van der Waals surface area contributed by atoms with Crippen LogP contribution >= 0.6 is 0 Å². The van der Waals surface area contributed by atoms with Gasteiger partial charge in [0.15, 0.2) is 0 Å². The van der Waals surface area contributed by atoms with Crippen molar-refractivity contribution < 1.29 is 19.2 Å². The molecule has 0 bridgehead atoms. The molecule has 0 spiro atoms. The van der Waals surface area contributed by atoms with E-state index in [2.05, 4.69) is 0 Å². The van der Waals surface area contributed by atoms with Crippen LogP contribution in [0.2, 0.25) is 0 Å². The Labute approximate surface area is 205 Å². The normalized spacial score (nSPS) is 29.2. The Morgan fingerprint density at radius 3 is 0.912 bits per heavy atom. The van der Waals surface area contributed by atoms with Gasteiger partial charge in [-0.2, -0.15) is 0 Å². The zero-order chi connectivity index (χ0) is 23.9. The summed E-state index contributed by atoms with van der Waals surface area (Å²) in [5, 5.41) is 0. The van der Waals surface area contributed by atoms with E-state index in [4.69, 9.17) is 0 Å². The van der Waals surface area contributed by atoms with Gasteiger partial charge in [-0.15, -0.1) is 0 Å². The van der Waals surface area contributed by atoms with Crippen molar-refractivity contribution in [2.45, 2.75) is 116 Å². The van der Waals surface area contributed by atoms with Crippen molar-refractivity contribution in [2.24, 2.45) is 23.7 Å². The number of carbonyl (C=O) groups excluding carboxylic acids is 4. The average Bonchev–Trinajstić information content (AvgIpc) is 3.25. The van der Waals surface area contributed by atoms with E-state index in [1.807, 2.05) is 0 Å². The van der Waals surface area contributed by atoms with E-state index in [1.165, 1.54) is 38.5 Å². The van der Waals surface area contributed by atoms with E-state index < -0.39 is 0 Å². The largest absolute Gasteiger partial charge is 0.282 e. The molecule has 4 aliphatic rings. The van der Waals surface area contributed by atoms with Crippen LogP contribution < -0.4 is 0 Å². The summed E-state index contributed by atoms with van der Waals surface area (Å²) in [5.41, 5.74) is 0. The number of rotatable bonds is 13. The van der Waals surface area contributed by atoms with E-state index in [0.29, 0.717) is 13.1 Å². The van der Waals surface area contributed by atoms with Gasteiger partial charge >= 0.3 is 0 Å². The van der Waals surface area contributed by atoms with Gasteiger partial charge in [-0.3, -0.25) is 29.0 Å². The number of carbonyl (C=O) groups is 4. The number of fused-ring (bicyclic) bond motifs is 2. The van der Waals surface area contributed by atoms with Crippen molar-refractivity contribution in [3.05, 3.63) is 0 Å². The minimum Gasteiger partial charge on any atom is -0.282 e. The highest BCUT2D eigenvalue weighted by molar-refractivity contribution is 6.05. The van der Waals surface area contributed by atoms with Crippen LogP contribution in [0.1, 0.15) is 116 Å². The molecule has 4 amide bonds. The Morgan fingerprint density at radius 2 is 0.647 bits per heavy atom. The van der Waals surface area contributed by atoms with Crippen LogP contribution in [0.15, 0.2) is 0 Å². The van der Waals surface area contributed by atoms with Crippen LogP contribution in [-0.2, 0) is 19.2 Å². The van der Waals surface area contributed by atoms with Gasteiger partial charge in [0.2, 0.25) is 23.6 Å². The fraction of sp³-hybridized carbons (Fsp3) is 0.857. The molecule has 4 fully saturated rings. The molecule has 4 atom stereocenters. The van der Waals surface area contributed by atoms with Crippen molar-refractivity contribution in [1.29, 1.82) is 0 Å². The maximum atomic E-state index is 12.5. The zero-order valence-electron chi connectivity index (χ0n) is 21.0. The lowest BCUT2D eigenvalue weighted by molar-refractivity contribution is -0.141. The quantitative estimate of drug-likeness (QED) is 0.271. The molecule has 0 N–H and O–H groups in total. The van der Waals surface area contributed by atoms with Gasteiger partial charge < -0.3 is 0 Å². The maximum Gasteiger partial charge on any atom is 0.233 e. The van der Waals surface area contributed by atoms with E-state index >= 15 is 0 Å². The van der Waals surface area contributed by atoms with Crippen molar-refractivity contribution >= 4 is 23.6 Å². The smallest absolute Gasteiger partial charge is 0.233 e. The molecular formula is C28H44N2O4. The van der Waals surface area contributed by atoms with Gasteiger partial charge in [0.25, 0.3) is 0 Å². The minimum atomic E-state index is -0.0122. The standard InChI is InChI=1S/C28H44N2O4/c31-25-21-15-9-10-16-22(21)26(32)29(25)19-13-7-5-3-1-2-4-6-8-14-20-30-27(33)23-17-11-12-18-24(23)28(30)34/h21-24H,1-20H2. The van der Waals surface area contributed by atoms with Crippen LogP contribution in [0.4, 0.5) is 0 Å². The monoisotopic (exact) mass is 472 g/mol. The minimum absolute atomic E-state index is 0.0122. The summed E-state index contributed by atoms with van der Waals surface area (Å²) < 4.78 is 0. The molecule has 2 saturated heterocycles. The van der Waals surface area contributed by atoms with Crippen LogP contribution in [0.25, 0.3) is 0 Å².